The van der Waals surface area contributed by atoms with Crippen molar-refractivity contribution in [1.82, 2.24) is 34.0 Å². The number of aryl methyl sites for hydroxylation is 3. The van der Waals surface area contributed by atoms with Crippen molar-refractivity contribution in [3.05, 3.63) is 233 Å². The molecule has 1 N–H and O–H groups in total. The highest BCUT2D eigenvalue weighted by molar-refractivity contribution is 6.13. The molecule has 8 aromatic carbocycles. The van der Waals surface area contributed by atoms with Gasteiger partial charge in [0.15, 0.2) is 11.2 Å². The number of fused-ring (bicyclic) bond motifs is 6. The lowest BCUT2D eigenvalue weighted by molar-refractivity contribution is 0.631. The second-order valence-electron chi connectivity index (χ2n) is 20.8. The van der Waals surface area contributed by atoms with Crippen LogP contribution in [0.1, 0.15) is 59.7 Å². The van der Waals surface area contributed by atoms with E-state index in [2.05, 4.69) is 243 Å². The van der Waals surface area contributed by atoms with Gasteiger partial charge in [0.05, 0.1) is 39.8 Å². The van der Waals surface area contributed by atoms with Crippen molar-refractivity contribution in [2.24, 2.45) is 0 Å². The van der Waals surface area contributed by atoms with E-state index in [0.717, 1.165) is 163 Å². The molecule has 10 heteroatoms. The Hall–Kier alpha value is -9.67. The molecule has 10 nitrogen and oxygen atoms in total. The van der Waals surface area contributed by atoms with Crippen molar-refractivity contribution in [3.63, 3.8) is 0 Å². The minimum Gasteiger partial charge on any atom is -0.454 e. The summed E-state index contributed by atoms with van der Waals surface area (Å²) in [7, 11) is 0. The molecule has 0 radical (unpaired) electrons. The van der Waals surface area contributed by atoms with Crippen LogP contribution in [0.15, 0.2) is 202 Å². The van der Waals surface area contributed by atoms with Gasteiger partial charge in [-0.3, -0.25) is 13.7 Å². The molecule has 1 atom stereocenters. The van der Waals surface area contributed by atoms with E-state index in [1.807, 2.05) is 18.2 Å². The summed E-state index contributed by atoms with van der Waals surface area (Å²) in [6.07, 6.45) is -0.150. The molecule has 0 saturated carbocycles. The number of allylic oxidation sites excluding steroid dienone is 2. The first-order valence-corrected chi connectivity index (χ1v) is 26.6. The summed E-state index contributed by atoms with van der Waals surface area (Å²) in [6.45, 7) is 17.0. The lowest BCUT2D eigenvalue weighted by Gasteiger charge is -2.29. The molecule has 1 aliphatic heterocycles. The number of imidazole rings is 3. The van der Waals surface area contributed by atoms with Gasteiger partial charge in [0.25, 0.3) is 0 Å². The second-order valence-corrected chi connectivity index (χ2v) is 20.8. The van der Waals surface area contributed by atoms with Gasteiger partial charge in [0.1, 0.15) is 34.8 Å². The molecule has 0 fully saturated rings. The quantitative estimate of drug-likeness (QED) is 0.154. The summed E-state index contributed by atoms with van der Waals surface area (Å²) >= 11 is 0. The zero-order valence-corrected chi connectivity index (χ0v) is 44.8. The van der Waals surface area contributed by atoms with Gasteiger partial charge in [-0.1, -0.05) is 133 Å². The molecule has 0 amide bonds. The summed E-state index contributed by atoms with van der Waals surface area (Å²) < 4.78 is 21.0. The summed E-state index contributed by atoms with van der Waals surface area (Å²) in [5.41, 5.74) is 21.7. The van der Waals surface area contributed by atoms with Crippen molar-refractivity contribution in [2.45, 2.75) is 61.6 Å². The van der Waals surface area contributed by atoms with E-state index >= 15 is 0 Å². The Labute approximate surface area is 452 Å². The van der Waals surface area contributed by atoms with Gasteiger partial charge < -0.3 is 19.1 Å². The Bertz CT molecular complexity index is 4560. The first-order chi connectivity index (χ1) is 38.0. The van der Waals surface area contributed by atoms with Crippen molar-refractivity contribution in [2.75, 3.05) is 4.90 Å². The predicted molar refractivity (Wildman–Crippen MR) is 316 cm³/mol. The summed E-state index contributed by atoms with van der Waals surface area (Å²) in [4.78, 5) is 17.9. The molecule has 1 unspecified atom stereocenters. The van der Waals surface area contributed by atoms with E-state index in [0.29, 0.717) is 0 Å². The molecule has 0 aliphatic carbocycles. The molecular weight excluding hydrogens is 961 g/mol. The van der Waals surface area contributed by atoms with Crippen LogP contribution in [0.2, 0.25) is 0 Å². The Morgan fingerprint density at radius 1 is 0.385 bits per heavy atom. The Balaban J connectivity index is 0.993. The number of furan rings is 2. The van der Waals surface area contributed by atoms with Crippen LogP contribution in [0.25, 0.3) is 106 Å². The van der Waals surface area contributed by atoms with Crippen molar-refractivity contribution < 1.29 is 8.83 Å². The van der Waals surface area contributed by atoms with Crippen LogP contribution in [-0.4, -0.2) is 28.7 Å². The molecule has 78 heavy (non-hydrogen) atoms. The van der Waals surface area contributed by atoms with Crippen molar-refractivity contribution in [1.29, 1.82) is 0 Å². The lowest BCUT2D eigenvalue weighted by Crippen LogP contribution is -2.29. The highest BCUT2D eigenvalue weighted by Crippen LogP contribution is 2.46. The number of anilines is 1. The predicted octanol–water partition coefficient (Wildman–Crippen LogP) is 16.9. The van der Waals surface area contributed by atoms with E-state index in [1.54, 1.807) is 0 Å². The standard InChI is InChI=1S/C68H56N8O2/c1-39-43(5)73(65(69-39)47-21-13-9-14-22-47)53-35-57-55-33-51(29-31-61(55)77-63(57)59(37-53)75-45(7)41(3)71-67(75)49-25-17-11-18-26-49)52-30-32-62-56(34-52)58-36-54(74-44(6)40(2)70-66(74)48-23-15-10-16-24-48)38-60(64(58)78-62)76-46(8)42(4)72-68(76)50-27-19-12-20-28-50/h9-38,67,71H,1-8H3. The van der Waals surface area contributed by atoms with Gasteiger partial charge in [-0.25, -0.2) is 15.0 Å². The van der Waals surface area contributed by atoms with Crippen LogP contribution in [0.4, 0.5) is 5.69 Å². The lowest BCUT2D eigenvalue weighted by atomic mass is 10.00. The number of hydrogen-bond donors (Lipinski definition) is 1. The van der Waals surface area contributed by atoms with E-state index in [4.69, 9.17) is 23.8 Å². The normalized spacial score (nSPS) is 13.8. The third kappa shape index (κ3) is 7.34. The molecule has 1 aliphatic rings. The molecule has 0 spiro atoms. The second kappa shape index (κ2) is 18.0. The maximum Gasteiger partial charge on any atom is 0.159 e. The molecule has 0 saturated heterocycles. The average Bonchev–Trinajstić information content (AvgIpc) is 4.50. The molecule has 5 aromatic heterocycles. The first kappa shape index (κ1) is 46.8. The van der Waals surface area contributed by atoms with Crippen LogP contribution in [-0.2, 0) is 0 Å². The Morgan fingerprint density at radius 3 is 1.24 bits per heavy atom. The molecule has 13 aromatic rings. The average molecular weight is 1020 g/mol. The number of aromatic nitrogens is 6. The maximum atomic E-state index is 7.08. The number of hydrogen-bond acceptors (Lipinski definition) is 7. The Kier molecular flexibility index (Phi) is 10.8. The maximum absolute atomic E-state index is 7.08. The van der Waals surface area contributed by atoms with Crippen LogP contribution >= 0.6 is 0 Å². The number of nitrogens with zero attached hydrogens (tertiary/aromatic N) is 7. The number of benzene rings is 8. The molecule has 14 rings (SSSR count). The highest BCUT2D eigenvalue weighted by atomic mass is 16.3. The SMILES string of the molecule is CC1=C(C)N(c2cc(-n3c(-c4ccccc4)nc(C)c3C)cc3c2oc2ccc(-c4ccc5oc6c(-n7c(-c8ccccc8)nc(C)c7C)cc(-n7c(-c8ccccc8)nc(C)c7C)cc6c5c4)cc23)C(c2ccccc2)N1. The van der Waals surface area contributed by atoms with Crippen LogP contribution in [0.3, 0.4) is 0 Å². The smallest absolute Gasteiger partial charge is 0.159 e. The summed E-state index contributed by atoms with van der Waals surface area (Å²) in [6, 6.07) is 64.2. The van der Waals surface area contributed by atoms with Gasteiger partial charge in [0.2, 0.25) is 0 Å². The monoisotopic (exact) mass is 1020 g/mol. The van der Waals surface area contributed by atoms with E-state index in [-0.39, 0.29) is 6.17 Å². The van der Waals surface area contributed by atoms with Gasteiger partial charge in [-0.15, -0.1) is 0 Å². The Morgan fingerprint density at radius 2 is 0.782 bits per heavy atom. The molecule has 380 valence electrons. The fourth-order valence-corrected chi connectivity index (χ4v) is 11.7. The van der Waals surface area contributed by atoms with Gasteiger partial charge in [-0.2, -0.15) is 0 Å². The van der Waals surface area contributed by atoms with E-state index in [1.165, 1.54) is 0 Å². The topological polar surface area (TPSA) is 95.0 Å². The van der Waals surface area contributed by atoms with Crippen LogP contribution in [0.5, 0.6) is 0 Å². The zero-order valence-electron chi connectivity index (χ0n) is 44.8. The van der Waals surface area contributed by atoms with Gasteiger partial charge in [-0.05, 0) is 121 Å². The van der Waals surface area contributed by atoms with E-state index < -0.39 is 0 Å². The molecule has 0 bridgehead atoms. The third-order valence-electron chi connectivity index (χ3n) is 16.2. The van der Waals surface area contributed by atoms with Gasteiger partial charge in [0, 0.05) is 66.7 Å². The molecule has 6 heterocycles. The van der Waals surface area contributed by atoms with Crippen molar-refractivity contribution in [3.8, 4) is 62.4 Å². The largest absolute Gasteiger partial charge is 0.454 e. The fraction of sp³-hybridized carbons (Fsp3) is 0.132. The summed E-state index contributed by atoms with van der Waals surface area (Å²) in [5.74, 6) is 2.63. The summed E-state index contributed by atoms with van der Waals surface area (Å²) in [5, 5.41) is 7.84. The van der Waals surface area contributed by atoms with Crippen LogP contribution in [0, 0.1) is 41.5 Å². The van der Waals surface area contributed by atoms with Crippen LogP contribution < -0.4 is 10.2 Å². The fourth-order valence-electron chi connectivity index (χ4n) is 11.7. The van der Waals surface area contributed by atoms with Crippen molar-refractivity contribution >= 4 is 49.6 Å². The third-order valence-corrected chi connectivity index (χ3v) is 16.2. The first-order valence-electron chi connectivity index (χ1n) is 26.6. The highest BCUT2D eigenvalue weighted by Gasteiger charge is 2.33. The minimum atomic E-state index is -0.150. The minimum absolute atomic E-state index is 0.150. The number of nitrogens with one attached hydrogen (secondary N) is 1. The van der Waals surface area contributed by atoms with Gasteiger partial charge >= 0.3 is 0 Å². The van der Waals surface area contributed by atoms with E-state index in [9.17, 15) is 0 Å². The molecular formula is C68H56N8O2. The number of rotatable bonds is 9. The zero-order chi connectivity index (χ0) is 53.1.